The number of aryl methyl sites for hydroxylation is 1. The van der Waals surface area contributed by atoms with Crippen molar-refractivity contribution in [2.45, 2.75) is 19.4 Å². The molecule has 1 aromatic rings. The Morgan fingerprint density at radius 3 is 2.80 bits per heavy atom. The van der Waals surface area contributed by atoms with E-state index in [1.807, 2.05) is 6.92 Å². The standard InChI is InChI=1S/C11H16FNO2/c1-8-3-4-9(12)10(5-8)15-7-11(2,13)6-14/h3-5,14H,6-7,13H2,1-2H3. The number of halogens is 1. The van der Waals surface area contributed by atoms with E-state index in [0.717, 1.165) is 5.56 Å². The molecule has 0 fully saturated rings. The molecule has 3 nitrogen and oxygen atoms in total. The Kier molecular flexibility index (Phi) is 3.66. The molecule has 0 spiro atoms. The fourth-order valence-electron chi connectivity index (χ4n) is 1.01. The molecular weight excluding hydrogens is 197 g/mol. The van der Waals surface area contributed by atoms with E-state index in [2.05, 4.69) is 0 Å². The number of aliphatic hydroxyl groups is 1. The molecule has 0 aliphatic heterocycles. The van der Waals surface area contributed by atoms with Crippen LogP contribution < -0.4 is 10.5 Å². The summed E-state index contributed by atoms with van der Waals surface area (Å²) in [5.74, 6) is -0.255. The minimum atomic E-state index is -0.851. The first-order valence-corrected chi connectivity index (χ1v) is 4.73. The lowest BCUT2D eigenvalue weighted by Gasteiger charge is -2.22. The monoisotopic (exact) mass is 213 g/mol. The van der Waals surface area contributed by atoms with Crippen LogP contribution in [0.2, 0.25) is 0 Å². The molecule has 3 N–H and O–H groups in total. The highest BCUT2D eigenvalue weighted by molar-refractivity contribution is 5.29. The first kappa shape index (κ1) is 11.9. The number of hydrogen-bond donors (Lipinski definition) is 2. The quantitative estimate of drug-likeness (QED) is 0.790. The van der Waals surface area contributed by atoms with Gasteiger partial charge in [-0.05, 0) is 31.5 Å². The Bertz CT molecular complexity index is 339. The van der Waals surface area contributed by atoms with Gasteiger partial charge in [-0.2, -0.15) is 0 Å². The Morgan fingerprint density at radius 1 is 1.53 bits per heavy atom. The lowest BCUT2D eigenvalue weighted by molar-refractivity contribution is 0.143. The molecule has 0 saturated heterocycles. The van der Waals surface area contributed by atoms with Crippen molar-refractivity contribution in [1.29, 1.82) is 0 Å². The highest BCUT2D eigenvalue weighted by atomic mass is 19.1. The van der Waals surface area contributed by atoms with Crippen molar-refractivity contribution in [2.75, 3.05) is 13.2 Å². The Morgan fingerprint density at radius 2 is 2.20 bits per heavy atom. The largest absolute Gasteiger partial charge is 0.489 e. The van der Waals surface area contributed by atoms with Crippen LogP contribution in [0.5, 0.6) is 5.75 Å². The topological polar surface area (TPSA) is 55.5 Å². The average Bonchev–Trinajstić information content (AvgIpc) is 2.20. The Balaban J connectivity index is 2.69. The normalized spacial score (nSPS) is 14.7. The van der Waals surface area contributed by atoms with Crippen LogP contribution in [0.3, 0.4) is 0 Å². The molecule has 1 unspecified atom stereocenters. The molecule has 1 aromatic carbocycles. The van der Waals surface area contributed by atoms with Gasteiger partial charge in [0.1, 0.15) is 6.61 Å². The second kappa shape index (κ2) is 4.59. The van der Waals surface area contributed by atoms with Crippen LogP contribution >= 0.6 is 0 Å². The van der Waals surface area contributed by atoms with Crippen molar-refractivity contribution >= 4 is 0 Å². The third kappa shape index (κ3) is 3.49. The first-order valence-electron chi connectivity index (χ1n) is 4.73. The van der Waals surface area contributed by atoms with E-state index in [0.29, 0.717) is 0 Å². The van der Waals surface area contributed by atoms with Crippen molar-refractivity contribution < 1.29 is 14.2 Å². The molecule has 1 atom stereocenters. The maximum Gasteiger partial charge on any atom is 0.165 e. The van der Waals surface area contributed by atoms with Crippen LogP contribution in [0.15, 0.2) is 18.2 Å². The molecule has 0 aliphatic carbocycles. The van der Waals surface area contributed by atoms with Crippen molar-refractivity contribution in [3.8, 4) is 5.75 Å². The van der Waals surface area contributed by atoms with Gasteiger partial charge in [0.15, 0.2) is 11.6 Å². The molecule has 0 aliphatic rings. The molecule has 0 aromatic heterocycles. The van der Waals surface area contributed by atoms with Gasteiger partial charge in [0.2, 0.25) is 0 Å². The second-order valence-corrected chi connectivity index (χ2v) is 4.03. The van der Waals surface area contributed by atoms with Gasteiger partial charge in [0.05, 0.1) is 12.1 Å². The van der Waals surface area contributed by atoms with Crippen LogP contribution in [-0.4, -0.2) is 23.9 Å². The molecule has 0 radical (unpaired) electrons. The Labute approximate surface area is 88.7 Å². The molecule has 0 saturated carbocycles. The van der Waals surface area contributed by atoms with Crippen LogP contribution in [0.1, 0.15) is 12.5 Å². The zero-order valence-corrected chi connectivity index (χ0v) is 8.96. The number of ether oxygens (including phenoxy) is 1. The van der Waals surface area contributed by atoms with Crippen LogP contribution in [0.25, 0.3) is 0 Å². The van der Waals surface area contributed by atoms with Crippen molar-refractivity contribution in [3.63, 3.8) is 0 Å². The van der Waals surface area contributed by atoms with E-state index in [1.54, 1.807) is 19.1 Å². The van der Waals surface area contributed by atoms with Gasteiger partial charge < -0.3 is 15.6 Å². The summed E-state index contributed by atoms with van der Waals surface area (Å²) in [5.41, 5.74) is 5.71. The fraction of sp³-hybridized carbons (Fsp3) is 0.455. The van der Waals surface area contributed by atoms with E-state index in [1.165, 1.54) is 6.07 Å². The van der Waals surface area contributed by atoms with E-state index in [9.17, 15) is 4.39 Å². The first-order chi connectivity index (χ1) is 6.94. The number of hydrogen-bond acceptors (Lipinski definition) is 3. The number of benzene rings is 1. The van der Waals surface area contributed by atoms with Crippen LogP contribution in [0.4, 0.5) is 4.39 Å². The summed E-state index contributed by atoms with van der Waals surface area (Å²) in [4.78, 5) is 0. The van der Waals surface area contributed by atoms with Crippen LogP contribution in [-0.2, 0) is 0 Å². The Hall–Kier alpha value is -1.13. The van der Waals surface area contributed by atoms with E-state index < -0.39 is 11.4 Å². The van der Waals surface area contributed by atoms with Crippen molar-refractivity contribution in [3.05, 3.63) is 29.6 Å². The van der Waals surface area contributed by atoms with Crippen LogP contribution in [0, 0.1) is 12.7 Å². The molecule has 1 rings (SSSR count). The van der Waals surface area contributed by atoms with Gasteiger partial charge in [0, 0.05) is 0 Å². The summed E-state index contributed by atoms with van der Waals surface area (Å²) in [7, 11) is 0. The molecular formula is C11H16FNO2. The predicted molar refractivity (Wildman–Crippen MR) is 56.3 cm³/mol. The molecule has 0 amide bonds. The van der Waals surface area contributed by atoms with E-state index in [-0.39, 0.29) is 19.0 Å². The summed E-state index contributed by atoms with van der Waals surface area (Å²) in [5, 5.41) is 8.90. The van der Waals surface area contributed by atoms with Crippen molar-refractivity contribution in [2.24, 2.45) is 5.73 Å². The lowest BCUT2D eigenvalue weighted by Crippen LogP contribution is -2.46. The summed E-state index contributed by atoms with van der Waals surface area (Å²) in [6.45, 7) is 3.35. The number of nitrogens with two attached hydrogens (primary N) is 1. The average molecular weight is 213 g/mol. The third-order valence-electron chi connectivity index (χ3n) is 2.01. The highest BCUT2D eigenvalue weighted by Gasteiger charge is 2.18. The zero-order chi connectivity index (χ0) is 11.5. The molecule has 4 heteroatoms. The minimum Gasteiger partial charge on any atom is -0.489 e. The number of aliphatic hydroxyl groups excluding tert-OH is 1. The highest BCUT2D eigenvalue weighted by Crippen LogP contribution is 2.19. The smallest absolute Gasteiger partial charge is 0.165 e. The SMILES string of the molecule is Cc1ccc(F)c(OCC(C)(N)CO)c1. The van der Waals surface area contributed by atoms with E-state index >= 15 is 0 Å². The van der Waals surface area contributed by atoms with Gasteiger partial charge in [-0.25, -0.2) is 4.39 Å². The molecule has 0 heterocycles. The van der Waals surface area contributed by atoms with Gasteiger partial charge in [0.25, 0.3) is 0 Å². The van der Waals surface area contributed by atoms with Gasteiger partial charge in [-0.15, -0.1) is 0 Å². The number of rotatable bonds is 4. The van der Waals surface area contributed by atoms with Gasteiger partial charge in [-0.3, -0.25) is 0 Å². The lowest BCUT2D eigenvalue weighted by atomic mass is 10.1. The van der Waals surface area contributed by atoms with E-state index in [4.69, 9.17) is 15.6 Å². The fourth-order valence-corrected chi connectivity index (χ4v) is 1.01. The van der Waals surface area contributed by atoms with Crippen molar-refractivity contribution in [1.82, 2.24) is 0 Å². The summed E-state index contributed by atoms with van der Waals surface area (Å²) < 4.78 is 18.4. The molecule has 84 valence electrons. The molecule has 15 heavy (non-hydrogen) atoms. The third-order valence-corrected chi connectivity index (χ3v) is 2.01. The summed E-state index contributed by atoms with van der Waals surface area (Å²) >= 11 is 0. The maximum absolute atomic E-state index is 13.2. The predicted octanol–water partition coefficient (Wildman–Crippen LogP) is 1.22. The second-order valence-electron chi connectivity index (χ2n) is 4.03. The zero-order valence-electron chi connectivity index (χ0n) is 8.96. The summed E-state index contributed by atoms with van der Waals surface area (Å²) in [6.07, 6.45) is 0. The maximum atomic E-state index is 13.2. The van der Waals surface area contributed by atoms with Gasteiger partial charge in [-0.1, -0.05) is 6.07 Å². The molecule has 0 bridgehead atoms. The summed E-state index contributed by atoms with van der Waals surface area (Å²) in [6, 6.07) is 4.61. The minimum absolute atomic E-state index is 0.0733. The van der Waals surface area contributed by atoms with Gasteiger partial charge >= 0.3 is 0 Å².